The average molecular weight is 340 g/mol. The number of hydrogen-bond acceptors (Lipinski definition) is 2. The summed E-state index contributed by atoms with van der Waals surface area (Å²) < 4.78 is 6.42. The monoisotopic (exact) mass is 339 g/mol. The summed E-state index contributed by atoms with van der Waals surface area (Å²) in [4.78, 5) is 0. The summed E-state index contributed by atoms with van der Waals surface area (Å²) in [7, 11) is 0. The van der Waals surface area contributed by atoms with Crippen LogP contribution in [0.5, 0.6) is 5.75 Å². The lowest BCUT2D eigenvalue weighted by atomic mass is 10.0. The molecule has 0 fully saturated rings. The van der Waals surface area contributed by atoms with Crippen LogP contribution in [-0.4, -0.2) is 6.61 Å². The van der Waals surface area contributed by atoms with Crippen molar-refractivity contribution in [1.82, 2.24) is 0 Å². The van der Waals surface area contributed by atoms with Gasteiger partial charge in [-0.1, -0.05) is 52.9 Å². The molecule has 0 saturated heterocycles. The zero-order chi connectivity index (χ0) is 15.1. The molecule has 0 aliphatic carbocycles. The van der Waals surface area contributed by atoms with Crippen molar-refractivity contribution in [3.05, 3.63) is 76.8 Å². The summed E-state index contributed by atoms with van der Waals surface area (Å²) in [5.41, 5.74) is 2.48. The standard InChI is InChI=1S/C18H14BrNO/c1-2-11-21-18-9-3-14(4-10-18)12-16(13-20)15-5-7-17(19)8-6-15/h2-10,12H,1,11H2/b16-12+. The Hall–Kier alpha value is -2.31. The summed E-state index contributed by atoms with van der Waals surface area (Å²) in [6, 6.07) is 17.5. The number of allylic oxidation sites excluding steroid dienone is 1. The molecular weight excluding hydrogens is 326 g/mol. The minimum Gasteiger partial charge on any atom is -0.490 e. The van der Waals surface area contributed by atoms with Crippen LogP contribution in [0.1, 0.15) is 11.1 Å². The number of rotatable bonds is 5. The highest BCUT2D eigenvalue weighted by Gasteiger charge is 2.01. The highest BCUT2D eigenvalue weighted by atomic mass is 79.9. The first kappa shape index (κ1) is 15.1. The third-order valence-corrected chi connectivity index (χ3v) is 3.36. The van der Waals surface area contributed by atoms with E-state index < -0.39 is 0 Å². The molecular formula is C18H14BrNO. The molecule has 0 unspecified atom stereocenters. The van der Waals surface area contributed by atoms with E-state index in [-0.39, 0.29) is 0 Å². The topological polar surface area (TPSA) is 33.0 Å². The maximum Gasteiger partial charge on any atom is 0.119 e. The molecule has 0 radical (unpaired) electrons. The fraction of sp³-hybridized carbons (Fsp3) is 0.0556. The molecule has 2 aromatic rings. The van der Waals surface area contributed by atoms with E-state index in [1.165, 1.54) is 0 Å². The minimum absolute atomic E-state index is 0.484. The molecule has 0 saturated carbocycles. The number of nitriles is 1. The number of nitrogens with zero attached hydrogens (tertiary/aromatic N) is 1. The first-order chi connectivity index (χ1) is 10.2. The lowest BCUT2D eigenvalue weighted by molar-refractivity contribution is 0.363. The van der Waals surface area contributed by atoms with Crippen molar-refractivity contribution < 1.29 is 4.74 Å². The molecule has 104 valence electrons. The Bertz CT molecular complexity index is 679. The van der Waals surface area contributed by atoms with Gasteiger partial charge in [-0.15, -0.1) is 0 Å². The molecule has 3 heteroatoms. The first-order valence-electron chi connectivity index (χ1n) is 6.44. The second-order valence-corrected chi connectivity index (χ2v) is 5.26. The molecule has 0 amide bonds. The largest absolute Gasteiger partial charge is 0.490 e. The van der Waals surface area contributed by atoms with Gasteiger partial charge in [-0.3, -0.25) is 0 Å². The first-order valence-corrected chi connectivity index (χ1v) is 7.23. The number of hydrogen-bond donors (Lipinski definition) is 0. The van der Waals surface area contributed by atoms with Crippen molar-refractivity contribution in [2.24, 2.45) is 0 Å². The van der Waals surface area contributed by atoms with E-state index >= 15 is 0 Å². The molecule has 2 aromatic carbocycles. The van der Waals surface area contributed by atoms with Gasteiger partial charge < -0.3 is 4.74 Å². The molecule has 0 aliphatic rings. The maximum absolute atomic E-state index is 9.32. The van der Waals surface area contributed by atoms with Crippen LogP contribution in [0.4, 0.5) is 0 Å². The lowest BCUT2D eigenvalue weighted by Gasteiger charge is -2.04. The zero-order valence-electron chi connectivity index (χ0n) is 11.4. The molecule has 0 aliphatic heterocycles. The van der Waals surface area contributed by atoms with E-state index in [1.807, 2.05) is 54.6 Å². The Morgan fingerprint density at radius 3 is 2.38 bits per heavy atom. The lowest BCUT2D eigenvalue weighted by Crippen LogP contribution is -1.92. The number of halogens is 1. The number of benzene rings is 2. The van der Waals surface area contributed by atoms with Gasteiger partial charge in [0, 0.05) is 4.47 Å². The van der Waals surface area contributed by atoms with Gasteiger partial charge in [0.2, 0.25) is 0 Å². The second kappa shape index (κ2) is 7.47. The average Bonchev–Trinajstić information content (AvgIpc) is 2.53. The Kier molecular flexibility index (Phi) is 5.36. The molecule has 0 N–H and O–H groups in total. The van der Waals surface area contributed by atoms with E-state index in [9.17, 15) is 5.26 Å². The zero-order valence-corrected chi connectivity index (χ0v) is 13.0. The van der Waals surface area contributed by atoms with Crippen LogP contribution in [0.2, 0.25) is 0 Å². The normalized spacial score (nSPS) is 10.8. The fourth-order valence-electron chi connectivity index (χ4n) is 1.79. The van der Waals surface area contributed by atoms with Gasteiger partial charge in [0.05, 0.1) is 11.6 Å². The van der Waals surface area contributed by atoms with Gasteiger partial charge in [-0.05, 0) is 41.5 Å². The summed E-state index contributed by atoms with van der Waals surface area (Å²) >= 11 is 3.39. The third kappa shape index (κ3) is 4.34. The van der Waals surface area contributed by atoms with Gasteiger partial charge in [-0.2, -0.15) is 5.26 Å². The van der Waals surface area contributed by atoms with Gasteiger partial charge in [0.25, 0.3) is 0 Å². The van der Waals surface area contributed by atoms with E-state index in [4.69, 9.17) is 4.74 Å². The van der Waals surface area contributed by atoms with Crippen molar-refractivity contribution in [2.45, 2.75) is 0 Å². The van der Waals surface area contributed by atoms with Gasteiger partial charge in [0.15, 0.2) is 0 Å². The SMILES string of the molecule is C=CCOc1ccc(/C=C(\C#N)c2ccc(Br)cc2)cc1. The summed E-state index contributed by atoms with van der Waals surface area (Å²) in [6.45, 7) is 4.09. The number of ether oxygens (including phenoxy) is 1. The van der Waals surface area contributed by atoms with Crippen molar-refractivity contribution in [2.75, 3.05) is 6.61 Å². The summed E-state index contributed by atoms with van der Waals surface area (Å²) in [6.07, 6.45) is 3.57. The van der Waals surface area contributed by atoms with Crippen molar-refractivity contribution in [3.8, 4) is 11.8 Å². The minimum atomic E-state index is 0.484. The van der Waals surface area contributed by atoms with E-state index in [0.29, 0.717) is 12.2 Å². The fourth-order valence-corrected chi connectivity index (χ4v) is 2.06. The molecule has 0 bridgehead atoms. The quantitative estimate of drug-likeness (QED) is 0.432. The van der Waals surface area contributed by atoms with E-state index in [1.54, 1.807) is 6.08 Å². The highest BCUT2D eigenvalue weighted by molar-refractivity contribution is 9.10. The van der Waals surface area contributed by atoms with Crippen LogP contribution in [-0.2, 0) is 0 Å². The maximum atomic E-state index is 9.32. The van der Waals surface area contributed by atoms with Gasteiger partial charge >= 0.3 is 0 Å². The third-order valence-electron chi connectivity index (χ3n) is 2.83. The Balaban J connectivity index is 2.22. The Morgan fingerprint density at radius 1 is 1.14 bits per heavy atom. The van der Waals surface area contributed by atoms with Crippen molar-refractivity contribution >= 4 is 27.6 Å². The molecule has 2 nitrogen and oxygen atoms in total. The summed E-state index contributed by atoms with van der Waals surface area (Å²) in [5, 5.41) is 9.32. The molecule has 0 spiro atoms. The Morgan fingerprint density at radius 2 is 1.81 bits per heavy atom. The Labute approximate surface area is 133 Å². The second-order valence-electron chi connectivity index (χ2n) is 4.35. The van der Waals surface area contributed by atoms with Crippen LogP contribution in [0.25, 0.3) is 11.6 Å². The van der Waals surface area contributed by atoms with Crippen LogP contribution < -0.4 is 4.74 Å². The molecule has 21 heavy (non-hydrogen) atoms. The van der Waals surface area contributed by atoms with Crippen LogP contribution >= 0.6 is 15.9 Å². The van der Waals surface area contributed by atoms with Crippen LogP contribution in [0.3, 0.4) is 0 Å². The molecule has 0 atom stereocenters. The highest BCUT2D eigenvalue weighted by Crippen LogP contribution is 2.21. The van der Waals surface area contributed by atoms with Crippen molar-refractivity contribution in [3.63, 3.8) is 0 Å². The molecule has 2 rings (SSSR count). The van der Waals surface area contributed by atoms with Gasteiger partial charge in [-0.25, -0.2) is 0 Å². The summed E-state index contributed by atoms with van der Waals surface area (Å²) in [5.74, 6) is 0.786. The van der Waals surface area contributed by atoms with Crippen LogP contribution in [0.15, 0.2) is 65.7 Å². The molecule has 0 heterocycles. The van der Waals surface area contributed by atoms with Crippen molar-refractivity contribution in [1.29, 1.82) is 5.26 Å². The van der Waals surface area contributed by atoms with Crippen LogP contribution in [0, 0.1) is 11.3 Å². The predicted octanol–water partition coefficient (Wildman–Crippen LogP) is 5.08. The smallest absolute Gasteiger partial charge is 0.119 e. The molecule has 0 aromatic heterocycles. The van der Waals surface area contributed by atoms with E-state index in [2.05, 4.69) is 28.6 Å². The predicted molar refractivity (Wildman–Crippen MR) is 89.8 cm³/mol. The van der Waals surface area contributed by atoms with E-state index in [0.717, 1.165) is 21.3 Å². The van der Waals surface area contributed by atoms with Gasteiger partial charge in [0.1, 0.15) is 12.4 Å².